The van der Waals surface area contributed by atoms with Crippen LogP contribution in [0.5, 0.6) is 0 Å². The first kappa shape index (κ1) is 27.9. The Morgan fingerprint density at radius 3 is 2.31 bits per heavy atom. The van der Waals surface area contributed by atoms with Crippen LogP contribution in [0.25, 0.3) is 0 Å². The third-order valence-corrected chi connectivity index (χ3v) is 7.65. The number of nitrogens with one attached hydrogen (secondary N) is 1. The van der Waals surface area contributed by atoms with E-state index in [0.717, 1.165) is 61.8 Å². The lowest BCUT2D eigenvalue weighted by Crippen LogP contribution is -2.50. The number of pyridine rings is 1. The van der Waals surface area contributed by atoms with Gasteiger partial charge < -0.3 is 24.8 Å². The first-order valence-corrected chi connectivity index (χ1v) is 14.2. The second kappa shape index (κ2) is 13.2. The lowest BCUT2D eigenvalue weighted by Gasteiger charge is -2.40. The smallest absolute Gasteiger partial charge is 0.257 e. The zero-order valence-corrected chi connectivity index (χ0v) is 23.3. The number of aromatic nitrogens is 3. The molecular formula is C32H34N6O4. The second-order valence-corrected chi connectivity index (χ2v) is 10.5. The quantitative estimate of drug-likeness (QED) is 0.327. The molecule has 2 aromatic heterocycles. The van der Waals surface area contributed by atoms with Crippen molar-refractivity contribution in [1.82, 2.24) is 19.9 Å². The molecule has 2 fully saturated rings. The normalized spacial score (nSPS) is 21.2. The largest absolute Gasteiger partial charge is 0.392 e. The maximum absolute atomic E-state index is 12.5. The Labute approximate surface area is 245 Å². The highest BCUT2D eigenvalue weighted by atomic mass is 16.7. The van der Waals surface area contributed by atoms with E-state index in [1.54, 1.807) is 30.7 Å². The Morgan fingerprint density at radius 2 is 1.62 bits per heavy atom. The van der Waals surface area contributed by atoms with Gasteiger partial charge in [0.15, 0.2) is 6.29 Å². The molecule has 0 unspecified atom stereocenters. The summed E-state index contributed by atoms with van der Waals surface area (Å²) in [6, 6.07) is 20.8. The van der Waals surface area contributed by atoms with E-state index in [9.17, 15) is 9.90 Å². The topological polar surface area (TPSA) is 113 Å². The van der Waals surface area contributed by atoms with Gasteiger partial charge in [-0.1, -0.05) is 36.4 Å². The van der Waals surface area contributed by atoms with Crippen molar-refractivity contribution in [2.75, 3.05) is 42.9 Å². The summed E-state index contributed by atoms with van der Waals surface area (Å²) in [5.74, 6) is 0.553. The number of anilines is 2. The van der Waals surface area contributed by atoms with Gasteiger partial charge in [-0.15, -0.1) is 0 Å². The lowest BCUT2D eigenvalue weighted by molar-refractivity contribution is -0.253. The molecule has 4 heterocycles. The van der Waals surface area contributed by atoms with Gasteiger partial charge in [0.05, 0.1) is 24.4 Å². The zero-order chi connectivity index (χ0) is 28.7. The molecule has 4 aromatic rings. The predicted octanol–water partition coefficient (Wildman–Crippen LogP) is 3.98. The molecule has 0 aliphatic carbocycles. The molecule has 10 nitrogen and oxygen atoms in total. The van der Waals surface area contributed by atoms with E-state index in [1.165, 1.54) is 6.20 Å². The number of amides is 1. The van der Waals surface area contributed by atoms with Gasteiger partial charge in [0, 0.05) is 75.2 Å². The van der Waals surface area contributed by atoms with Crippen LogP contribution in [0.3, 0.4) is 0 Å². The van der Waals surface area contributed by atoms with Crippen LogP contribution in [-0.4, -0.2) is 69.7 Å². The first-order valence-electron chi connectivity index (χ1n) is 14.2. The fourth-order valence-corrected chi connectivity index (χ4v) is 5.33. The van der Waals surface area contributed by atoms with Crippen LogP contribution in [0.4, 0.5) is 11.6 Å². The third-order valence-electron chi connectivity index (χ3n) is 7.65. The molecule has 6 rings (SSSR count). The molecule has 2 aromatic carbocycles. The van der Waals surface area contributed by atoms with Gasteiger partial charge in [0.25, 0.3) is 5.91 Å². The van der Waals surface area contributed by atoms with Crippen molar-refractivity contribution in [1.29, 1.82) is 0 Å². The Kier molecular flexibility index (Phi) is 8.76. The minimum atomic E-state index is -0.562. The molecule has 2 saturated heterocycles. The van der Waals surface area contributed by atoms with E-state index < -0.39 is 6.29 Å². The Hall–Kier alpha value is -4.22. The summed E-state index contributed by atoms with van der Waals surface area (Å²) in [7, 11) is 0. The minimum absolute atomic E-state index is 0.00381. The molecule has 42 heavy (non-hydrogen) atoms. The van der Waals surface area contributed by atoms with Gasteiger partial charge in [0.1, 0.15) is 0 Å². The highest BCUT2D eigenvalue weighted by Crippen LogP contribution is 2.38. The number of ether oxygens (including phenoxy) is 2. The zero-order valence-electron chi connectivity index (χ0n) is 23.3. The SMILES string of the molecule is O=C(Nc1ccc([C@@H]2O[C@H](CN3CCN(c4ncccn4)CC3)C[C@H](c3ccc(CO)cc3)O2)cc1)c1cccnc1. The molecule has 0 radical (unpaired) electrons. The van der Waals surface area contributed by atoms with Gasteiger partial charge in [-0.2, -0.15) is 0 Å². The van der Waals surface area contributed by atoms with Crippen LogP contribution in [0.1, 0.15) is 45.9 Å². The van der Waals surface area contributed by atoms with Crippen molar-refractivity contribution in [3.05, 3.63) is 114 Å². The Bertz CT molecular complexity index is 1430. The van der Waals surface area contributed by atoms with E-state index in [4.69, 9.17) is 9.47 Å². The molecule has 1 amide bonds. The van der Waals surface area contributed by atoms with Crippen LogP contribution < -0.4 is 10.2 Å². The average molecular weight is 567 g/mol. The van der Waals surface area contributed by atoms with E-state index in [-0.39, 0.29) is 24.7 Å². The summed E-state index contributed by atoms with van der Waals surface area (Å²) in [6.07, 6.45) is 6.68. The molecule has 216 valence electrons. The number of hydrogen-bond donors (Lipinski definition) is 2. The number of carbonyl (C=O) groups is 1. The summed E-state index contributed by atoms with van der Waals surface area (Å²) in [6.45, 7) is 4.29. The maximum Gasteiger partial charge on any atom is 0.257 e. The molecule has 2 aliphatic heterocycles. The van der Waals surface area contributed by atoms with Gasteiger partial charge in [-0.25, -0.2) is 9.97 Å². The number of benzene rings is 2. The van der Waals surface area contributed by atoms with Gasteiger partial charge in [-0.05, 0) is 41.5 Å². The van der Waals surface area contributed by atoms with Gasteiger partial charge in [0.2, 0.25) is 5.95 Å². The molecule has 3 atom stereocenters. The third kappa shape index (κ3) is 6.80. The van der Waals surface area contributed by atoms with E-state index in [0.29, 0.717) is 11.3 Å². The van der Waals surface area contributed by atoms with Crippen LogP contribution >= 0.6 is 0 Å². The molecule has 2 N–H and O–H groups in total. The van der Waals surface area contributed by atoms with Crippen molar-refractivity contribution in [2.45, 2.75) is 31.5 Å². The summed E-state index contributed by atoms with van der Waals surface area (Å²) < 4.78 is 13.0. The molecular weight excluding hydrogens is 532 g/mol. The number of aliphatic hydroxyl groups is 1. The number of aliphatic hydroxyl groups excluding tert-OH is 1. The minimum Gasteiger partial charge on any atom is -0.392 e. The van der Waals surface area contributed by atoms with Crippen molar-refractivity contribution in [3.8, 4) is 0 Å². The Balaban J connectivity index is 1.14. The van der Waals surface area contributed by atoms with Crippen molar-refractivity contribution >= 4 is 17.5 Å². The molecule has 0 bridgehead atoms. The average Bonchev–Trinajstić information content (AvgIpc) is 3.06. The van der Waals surface area contributed by atoms with Crippen LogP contribution in [0.2, 0.25) is 0 Å². The number of nitrogens with zero attached hydrogens (tertiary/aromatic N) is 5. The lowest BCUT2D eigenvalue weighted by atomic mass is 9.99. The fourth-order valence-electron chi connectivity index (χ4n) is 5.33. The number of rotatable bonds is 8. The Morgan fingerprint density at radius 1 is 0.881 bits per heavy atom. The van der Waals surface area contributed by atoms with E-state index in [2.05, 4.69) is 30.1 Å². The predicted molar refractivity (Wildman–Crippen MR) is 158 cm³/mol. The summed E-state index contributed by atoms with van der Waals surface area (Å²) in [5, 5.41) is 12.4. The standard InChI is InChI=1S/C32H34N6O4/c39-22-23-4-6-24(7-5-23)29-19-28(21-37-15-17-38(18-16-37)32-34-13-2-14-35-32)41-31(42-29)25-8-10-27(11-9-25)36-30(40)26-3-1-12-33-20-26/h1-14,20,28-29,31,39H,15-19,21-22H2,(H,36,40)/t28-,29+,31+/m0/s1. The van der Waals surface area contributed by atoms with Gasteiger partial charge >= 0.3 is 0 Å². The number of hydrogen-bond acceptors (Lipinski definition) is 9. The summed E-state index contributed by atoms with van der Waals surface area (Å²) in [5.41, 5.74) is 3.97. The van der Waals surface area contributed by atoms with Crippen LogP contribution in [0.15, 0.2) is 91.5 Å². The van der Waals surface area contributed by atoms with E-state index >= 15 is 0 Å². The van der Waals surface area contributed by atoms with E-state index in [1.807, 2.05) is 54.6 Å². The highest BCUT2D eigenvalue weighted by Gasteiger charge is 2.34. The second-order valence-electron chi connectivity index (χ2n) is 10.5. The van der Waals surface area contributed by atoms with Crippen molar-refractivity contribution in [3.63, 3.8) is 0 Å². The first-order chi connectivity index (χ1) is 20.6. The summed E-state index contributed by atoms with van der Waals surface area (Å²) >= 11 is 0. The number of carbonyl (C=O) groups excluding carboxylic acids is 1. The number of piperazine rings is 1. The highest BCUT2D eigenvalue weighted by molar-refractivity contribution is 6.04. The summed E-state index contributed by atoms with van der Waals surface area (Å²) in [4.78, 5) is 30.0. The van der Waals surface area contributed by atoms with Crippen LogP contribution in [0, 0.1) is 0 Å². The molecule has 10 heteroatoms. The molecule has 0 spiro atoms. The maximum atomic E-state index is 12.5. The molecule has 0 saturated carbocycles. The monoisotopic (exact) mass is 566 g/mol. The van der Waals surface area contributed by atoms with Crippen LogP contribution in [-0.2, 0) is 16.1 Å². The van der Waals surface area contributed by atoms with Gasteiger partial charge in [-0.3, -0.25) is 14.7 Å². The van der Waals surface area contributed by atoms with Crippen molar-refractivity contribution < 1.29 is 19.4 Å². The fraction of sp³-hybridized carbons (Fsp3) is 0.312. The van der Waals surface area contributed by atoms with Crippen molar-refractivity contribution in [2.24, 2.45) is 0 Å². The molecule has 2 aliphatic rings.